The number of nitriles is 1. The summed E-state index contributed by atoms with van der Waals surface area (Å²) in [5.74, 6) is -2.81. The molecule has 0 unspecified atom stereocenters. The van der Waals surface area contributed by atoms with Crippen molar-refractivity contribution in [2.45, 2.75) is 6.42 Å². The largest absolute Gasteiger partial charge is 0.469 e. The molecule has 0 radical (unpaired) electrons. The molecule has 0 saturated carbocycles. The van der Waals surface area contributed by atoms with Gasteiger partial charge in [0.05, 0.1) is 25.2 Å². The average molecular weight is 211 g/mol. The maximum Gasteiger partial charge on any atom is 0.310 e. The summed E-state index contributed by atoms with van der Waals surface area (Å²) >= 11 is 0. The van der Waals surface area contributed by atoms with E-state index in [4.69, 9.17) is 5.26 Å². The van der Waals surface area contributed by atoms with Gasteiger partial charge in [-0.25, -0.2) is 8.78 Å². The van der Waals surface area contributed by atoms with E-state index in [9.17, 15) is 13.6 Å². The van der Waals surface area contributed by atoms with Crippen molar-refractivity contribution in [1.29, 1.82) is 5.26 Å². The van der Waals surface area contributed by atoms with Crippen LogP contribution >= 0.6 is 0 Å². The number of hydrogen-bond acceptors (Lipinski definition) is 3. The molecule has 0 aliphatic rings. The van der Waals surface area contributed by atoms with Crippen LogP contribution < -0.4 is 0 Å². The van der Waals surface area contributed by atoms with Crippen LogP contribution in [0.5, 0.6) is 0 Å². The summed E-state index contributed by atoms with van der Waals surface area (Å²) in [4.78, 5) is 10.9. The Morgan fingerprint density at radius 2 is 2.07 bits per heavy atom. The molecule has 1 aromatic carbocycles. The molecule has 1 aromatic rings. The van der Waals surface area contributed by atoms with E-state index in [0.29, 0.717) is 0 Å². The fraction of sp³-hybridized carbons (Fsp3) is 0.200. The molecule has 5 heteroatoms. The van der Waals surface area contributed by atoms with Crippen LogP contribution in [0.3, 0.4) is 0 Å². The second-order valence-electron chi connectivity index (χ2n) is 2.79. The molecule has 0 heterocycles. The minimum atomic E-state index is -1.11. The maximum atomic E-state index is 12.8. The molecular weight excluding hydrogens is 204 g/mol. The van der Waals surface area contributed by atoms with Crippen molar-refractivity contribution in [2.75, 3.05) is 7.11 Å². The molecule has 0 aliphatic carbocycles. The zero-order chi connectivity index (χ0) is 11.4. The topological polar surface area (TPSA) is 50.1 Å². The first-order chi connectivity index (χ1) is 7.08. The monoisotopic (exact) mass is 211 g/mol. The Labute approximate surface area is 84.9 Å². The highest BCUT2D eigenvalue weighted by Crippen LogP contribution is 2.15. The van der Waals surface area contributed by atoms with E-state index in [0.717, 1.165) is 12.1 Å². The van der Waals surface area contributed by atoms with Crippen LogP contribution in [0.1, 0.15) is 11.1 Å². The van der Waals surface area contributed by atoms with Crippen LogP contribution in [0.2, 0.25) is 0 Å². The van der Waals surface area contributed by atoms with Crippen molar-refractivity contribution in [1.82, 2.24) is 0 Å². The molecule has 0 saturated heterocycles. The van der Waals surface area contributed by atoms with Gasteiger partial charge in [0.15, 0.2) is 11.6 Å². The Morgan fingerprint density at radius 1 is 1.47 bits per heavy atom. The number of halogens is 2. The first-order valence-electron chi connectivity index (χ1n) is 4.03. The Morgan fingerprint density at radius 3 is 2.60 bits per heavy atom. The molecule has 78 valence electrons. The van der Waals surface area contributed by atoms with Crippen molar-refractivity contribution in [3.05, 3.63) is 34.9 Å². The van der Waals surface area contributed by atoms with Crippen molar-refractivity contribution < 1.29 is 18.3 Å². The molecule has 0 bridgehead atoms. The van der Waals surface area contributed by atoms with E-state index in [2.05, 4.69) is 4.74 Å². The molecule has 15 heavy (non-hydrogen) atoms. The van der Waals surface area contributed by atoms with E-state index in [1.54, 1.807) is 6.07 Å². The van der Waals surface area contributed by atoms with Crippen LogP contribution in [0, 0.1) is 23.0 Å². The van der Waals surface area contributed by atoms with Crippen LogP contribution in [0.25, 0.3) is 0 Å². The van der Waals surface area contributed by atoms with Crippen molar-refractivity contribution in [3.63, 3.8) is 0 Å². The SMILES string of the molecule is COC(=O)Cc1cc(F)c(F)cc1C#N. The summed E-state index contributed by atoms with van der Waals surface area (Å²) in [6, 6.07) is 3.26. The van der Waals surface area contributed by atoms with Gasteiger partial charge in [-0.15, -0.1) is 0 Å². The summed E-state index contributed by atoms with van der Waals surface area (Å²) < 4.78 is 29.9. The fourth-order valence-corrected chi connectivity index (χ4v) is 1.07. The van der Waals surface area contributed by atoms with Crippen molar-refractivity contribution in [3.8, 4) is 6.07 Å². The van der Waals surface area contributed by atoms with Gasteiger partial charge in [-0.3, -0.25) is 4.79 Å². The van der Waals surface area contributed by atoms with Gasteiger partial charge in [-0.05, 0) is 17.7 Å². The molecule has 0 atom stereocenters. The summed E-state index contributed by atoms with van der Waals surface area (Å²) in [5.41, 5.74) is 0.0440. The van der Waals surface area contributed by atoms with Gasteiger partial charge in [-0.1, -0.05) is 0 Å². The molecule has 0 aliphatic heterocycles. The second kappa shape index (κ2) is 4.51. The van der Waals surface area contributed by atoms with Gasteiger partial charge in [0.1, 0.15) is 0 Å². The van der Waals surface area contributed by atoms with E-state index in [-0.39, 0.29) is 17.5 Å². The first kappa shape index (κ1) is 11.1. The molecule has 0 fully saturated rings. The highest BCUT2D eigenvalue weighted by molar-refractivity contribution is 5.73. The highest BCUT2D eigenvalue weighted by Gasteiger charge is 2.12. The normalized spacial score (nSPS) is 9.47. The minimum Gasteiger partial charge on any atom is -0.469 e. The van der Waals surface area contributed by atoms with Crippen LogP contribution in [-0.4, -0.2) is 13.1 Å². The average Bonchev–Trinajstić information content (AvgIpc) is 2.22. The molecule has 1 rings (SSSR count). The Hall–Kier alpha value is -1.96. The van der Waals surface area contributed by atoms with Crippen LogP contribution in [0.15, 0.2) is 12.1 Å². The van der Waals surface area contributed by atoms with E-state index < -0.39 is 17.6 Å². The van der Waals surface area contributed by atoms with Gasteiger partial charge < -0.3 is 4.74 Å². The lowest BCUT2D eigenvalue weighted by molar-refractivity contribution is -0.139. The predicted octanol–water partition coefficient (Wildman–Crippen LogP) is 1.55. The van der Waals surface area contributed by atoms with E-state index >= 15 is 0 Å². The number of rotatable bonds is 2. The van der Waals surface area contributed by atoms with Gasteiger partial charge in [0.2, 0.25) is 0 Å². The maximum absolute atomic E-state index is 12.8. The van der Waals surface area contributed by atoms with Gasteiger partial charge in [-0.2, -0.15) is 5.26 Å². The number of nitrogens with zero attached hydrogens (tertiary/aromatic N) is 1. The van der Waals surface area contributed by atoms with E-state index in [1.807, 2.05) is 0 Å². The number of ether oxygens (including phenoxy) is 1. The van der Waals surface area contributed by atoms with Crippen molar-refractivity contribution >= 4 is 5.97 Å². The Kier molecular flexibility index (Phi) is 3.34. The number of benzene rings is 1. The summed E-state index contributed by atoms with van der Waals surface area (Å²) in [6.07, 6.45) is -0.253. The number of carbonyl (C=O) groups is 1. The second-order valence-corrected chi connectivity index (χ2v) is 2.79. The number of esters is 1. The molecule has 0 N–H and O–H groups in total. The zero-order valence-electron chi connectivity index (χ0n) is 7.88. The highest BCUT2D eigenvalue weighted by atomic mass is 19.2. The lowest BCUT2D eigenvalue weighted by Crippen LogP contribution is -2.07. The number of carbonyl (C=O) groups excluding carboxylic acids is 1. The van der Waals surface area contributed by atoms with Gasteiger partial charge in [0, 0.05) is 0 Å². The van der Waals surface area contributed by atoms with Gasteiger partial charge >= 0.3 is 5.97 Å². The van der Waals surface area contributed by atoms with Crippen molar-refractivity contribution in [2.24, 2.45) is 0 Å². The standard InChI is InChI=1S/C10H7F2NO2/c1-15-10(14)4-6-2-8(11)9(12)3-7(6)5-13/h2-3H,4H2,1H3. The molecule has 0 spiro atoms. The smallest absolute Gasteiger partial charge is 0.310 e. The summed E-state index contributed by atoms with van der Waals surface area (Å²) in [5, 5.41) is 8.63. The summed E-state index contributed by atoms with van der Waals surface area (Å²) in [7, 11) is 1.17. The number of methoxy groups -OCH3 is 1. The first-order valence-corrected chi connectivity index (χ1v) is 4.03. The van der Waals surface area contributed by atoms with Gasteiger partial charge in [0.25, 0.3) is 0 Å². The van der Waals surface area contributed by atoms with Crippen LogP contribution in [-0.2, 0) is 16.0 Å². The third kappa shape index (κ3) is 2.50. The zero-order valence-corrected chi connectivity index (χ0v) is 7.88. The lowest BCUT2D eigenvalue weighted by Gasteiger charge is -2.03. The quantitative estimate of drug-likeness (QED) is 0.697. The third-order valence-electron chi connectivity index (χ3n) is 1.83. The minimum absolute atomic E-state index is 0.0701. The number of hydrogen-bond donors (Lipinski definition) is 0. The van der Waals surface area contributed by atoms with E-state index in [1.165, 1.54) is 7.11 Å². The summed E-state index contributed by atoms with van der Waals surface area (Å²) in [6.45, 7) is 0. The molecule has 0 amide bonds. The third-order valence-corrected chi connectivity index (χ3v) is 1.83. The predicted molar refractivity (Wildman–Crippen MR) is 46.8 cm³/mol. The lowest BCUT2D eigenvalue weighted by atomic mass is 10.1. The molecular formula is C10H7F2NO2. The Balaban J connectivity index is 3.12. The molecule has 3 nitrogen and oxygen atoms in total. The Bertz CT molecular complexity index is 438. The fourth-order valence-electron chi connectivity index (χ4n) is 1.07. The van der Waals surface area contributed by atoms with Crippen LogP contribution in [0.4, 0.5) is 8.78 Å². The molecule has 0 aromatic heterocycles.